The van der Waals surface area contributed by atoms with Crippen LogP contribution in [0.2, 0.25) is 0 Å². The molecule has 0 aromatic heterocycles. The summed E-state index contributed by atoms with van der Waals surface area (Å²) in [5.41, 5.74) is 2.11. The molecule has 2 aromatic rings. The van der Waals surface area contributed by atoms with Gasteiger partial charge in [0.25, 0.3) is 0 Å². The second-order valence-electron chi connectivity index (χ2n) is 4.75. The number of methoxy groups -OCH3 is 2. The molecule has 2 aromatic carbocycles. The van der Waals surface area contributed by atoms with Gasteiger partial charge in [-0.2, -0.15) is 0 Å². The highest BCUT2D eigenvalue weighted by Crippen LogP contribution is 2.27. The number of rotatable bonds is 7. The Labute approximate surface area is 136 Å². The second-order valence-corrected chi connectivity index (χ2v) is 4.75. The normalized spacial score (nSPS) is 9.95. The Morgan fingerprint density at radius 2 is 1.73 bits per heavy atom. The quantitative estimate of drug-likeness (QED) is 0.789. The predicted octanol–water partition coefficient (Wildman–Crippen LogP) is 3.60. The predicted molar refractivity (Wildman–Crippen MR) is 88.6 cm³/mol. The molecule has 0 saturated carbocycles. The van der Waals surface area contributed by atoms with Gasteiger partial charge in [0.1, 0.15) is 5.82 Å². The van der Waals surface area contributed by atoms with E-state index in [2.05, 4.69) is 5.32 Å². The molecule has 3 nitrogen and oxygen atoms in total. The average molecular weight is 326 g/mol. The molecule has 0 heterocycles. The Bertz CT molecular complexity index is 593. The number of hydrogen-bond donors (Lipinski definition) is 1. The number of ether oxygens (including phenoxy) is 2. The zero-order chi connectivity index (χ0) is 15.1. The third-order valence-electron chi connectivity index (χ3n) is 3.26. The van der Waals surface area contributed by atoms with E-state index in [1.807, 2.05) is 24.3 Å². The van der Waals surface area contributed by atoms with Crippen LogP contribution in [0.5, 0.6) is 11.5 Å². The third kappa shape index (κ3) is 5.20. The molecule has 0 saturated heterocycles. The van der Waals surface area contributed by atoms with Gasteiger partial charge < -0.3 is 14.8 Å². The second kappa shape index (κ2) is 9.28. The van der Waals surface area contributed by atoms with Crippen LogP contribution in [-0.4, -0.2) is 20.8 Å². The minimum Gasteiger partial charge on any atom is -0.493 e. The van der Waals surface area contributed by atoms with E-state index in [1.165, 1.54) is 6.07 Å². The lowest BCUT2D eigenvalue weighted by Gasteiger charge is -2.10. The van der Waals surface area contributed by atoms with Gasteiger partial charge in [-0.15, -0.1) is 12.4 Å². The van der Waals surface area contributed by atoms with Gasteiger partial charge in [-0.3, -0.25) is 0 Å². The summed E-state index contributed by atoms with van der Waals surface area (Å²) in [7, 11) is 3.24. The van der Waals surface area contributed by atoms with E-state index in [9.17, 15) is 4.39 Å². The summed E-state index contributed by atoms with van der Waals surface area (Å²) in [5.74, 6) is 1.26. The van der Waals surface area contributed by atoms with Crippen LogP contribution in [0, 0.1) is 5.82 Å². The molecule has 0 atom stereocenters. The summed E-state index contributed by atoms with van der Waals surface area (Å²) in [6, 6.07) is 12.5. The molecule has 0 aliphatic carbocycles. The summed E-state index contributed by atoms with van der Waals surface area (Å²) in [6.07, 6.45) is 0.797. The average Bonchev–Trinajstić information content (AvgIpc) is 2.51. The first kappa shape index (κ1) is 18.3. The van der Waals surface area contributed by atoms with E-state index < -0.39 is 0 Å². The molecule has 0 aliphatic heterocycles. The SMILES string of the molecule is COc1ccc(CNCCc2cccc(F)c2)cc1OC.Cl. The Hall–Kier alpha value is -1.78. The monoisotopic (exact) mass is 325 g/mol. The molecule has 0 amide bonds. The molecule has 0 aliphatic rings. The molecule has 0 fully saturated rings. The molecule has 1 N–H and O–H groups in total. The smallest absolute Gasteiger partial charge is 0.161 e. The molecule has 0 spiro atoms. The Morgan fingerprint density at radius 3 is 2.41 bits per heavy atom. The van der Waals surface area contributed by atoms with Crippen LogP contribution in [0.15, 0.2) is 42.5 Å². The van der Waals surface area contributed by atoms with Crippen LogP contribution in [0.25, 0.3) is 0 Å². The van der Waals surface area contributed by atoms with Gasteiger partial charge >= 0.3 is 0 Å². The van der Waals surface area contributed by atoms with Gasteiger partial charge in [0.15, 0.2) is 11.5 Å². The molecule has 0 unspecified atom stereocenters. The fourth-order valence-corrected chi connectivity index (χ4v) is 2.15. The molecule has 120 valence electrons. The highest BCUT2D eigenvalue weighted by molar-refractivity contribution is 5.85. The maximum absolute atomic E-state index is 13.0. The van der Waals surface area contributed by atoms with Crippen molar-refractivity contribution >= 4 is 12.4 Å². The molecule has 2 rings (SSSR count). The van der Waals surface area contributed by atoms with Crippen molar-refractivity contribution in [2.45, 2.75) is 13.0 Å². The first-order chi connectivity index (χ1) is 10.2. The lowest BCUT2D eigenvalue weighted by molar-refractivity contribution is 0.354. The van der Waals surface area contributed by atoms with Crippen molar-refractivity contribution in [1.29, 1.82) is 0 Å². The number of nitrogens with one attached hydrogen (secondary N) is 1. The fourth-order valence-electron chi connectivity index (χ4n) is 2.15. The van der Waals surface area contributed by atoms with Crippen molar-refractivity contribution in [3.63, 3.8) is 0 Å². The van der Waals surface area contributed by atoms with Crippen molar-refractivity contribution < 1.29 is 13.9 Å². The topological polar surface area (TPSA) is 30.5 Å². The summed E-state index contributed by atoms with van der Waals surface area (Å²) >= 11 is 0. The Kier molecular flexibility index (Phi) is 7.71. The first-order valence-corrected chi connectivity index (χ1v) is 6.89. The van der Waals surface area contributed by atoms with Gasteiger partial charge in [0.2, 0.25) is 0 Å². The summed E-state index contributed by atoms with van der Waals surface area (Å²) in [6.45, 7) is 1.52. The van der Waals surface area contributed by atoms with Crippen molar-refractivity contribution in [2.75, 3.05) is 20.8 Å². The van der Waals surface area contributed by atoms with Gasteiger partial charge in [0, 0.05) is 6.54 Å². The van der Waals surface area contributed by atoms with E-state index in [4.69, 9.17) is 9.47 Å². The minimum atomic E-state index is -0.188. The number of hydrogen-bond acceptors (Lipinski definition) is 3. The first-order valence-electron chi connectivity index (χ1n) is 6.89. The molecule has 0 bridgehead atoms. The van der Waals surface area contributed by atoms with E-state index in [-0.39, 0.29) is 18.2 Å². The zero-order valence-corrected chi connectivity index (χ0v) is 13.6. The molecular formula is C17H21ClFNO2. The van der Waals surface area contributed by atoms with Crippen LogP contribution in [0.3, 0.4) is 0 Å². The van der Waals surface area contributed by atoms with Crippen molar-refractivity contribution in [2.24, 2.45) is 0 Å². The Balaban J connectivity index is 0.00000242. The molecule has 22 heavy (non-hydrogen) atoms. The van der Waals surface area contributed by atoms with Crippen LogP contribution in [0.1, 0.15) is 11.1 Å². The van der Waals surface area contributed by atoms with Crippen LogP contribution < -0.4 is 14.8 Å². The zero-order valence-electron chi connectivity index (χ0n) is 12.8. The highest BCUT2D eigenvalue weighted by Gasteiger charge is 2.04. The summed E-state index contributed by atoms with van der Waals surface area (Å²) in [4.78, 5) is 0. The van der Waals surface area contributed by atoms with E-state index in [0.29, 0.717) is 0 Å². The van der Waals surface area contributed by atoms with Gasteiger partial charge in [0.05, 0.1) is 14.2 Å². The van der Waals surface area contributed by atoms with Crippen molar-refractivity contribution in [3.05, 3.63) is 59.4 Å². The largest absolute Gasteiger partial charge is 0.493 e. The highest BCUT2D eigenvalue weighted by atomic mass is 35.5. The Morgan fingerprint density at radius 1 is 0.955 bits per heavy atom. The van der Waals surface area contributed by atoms with Crippen LogP contribution >= 0.6 is 12.4 Å². The fraction of sp³-hybridized carbons (Fsp3) is 0.294. The van der Waals surface area contributed by atoms with Gasteiger partial charge in [-0.1, -0.05) is 18.2 Å². The third-order valence-corrected chi connectivity index (χ3v) is 3.26. The maximum Gasteiger partial charge on any atom is 0.161 e. The lowest BCUT2D eigenvalue weighted by Crippen LogP contribution is -2.16. The number of halogens is 2. The van der Waals surface area contributed by atoms with E-state index >= 15 is 0 Å². The van der Waals surface area contributed by atoms with Crippen molar-refractivity contribution in [1.82, 2.24) is 5.32 Å². The van der Waals surface area contributed by atoms with Crippen LogP contribution in [0.4, 0.5) is 4.39 Å². The minimum absolute atomic E-state index is 0. The maximum atomic E-state index is 13.0. The summed E-state index contributed by atoms with van der Waals surface area (Å²) in [5, 5.41) is 3.34. The molecule has 0 radical (unpaired) electrons. The van der Waals surface area contributed by atoms with E-state index in [1.54, 1.807) is 26.4 Å². The van der Waals surface area contributed by atoms with Gasteiger partial charge in [-0.05, 0) is 48.4 Å². The van der Waals surface area contributed by atoms with Crippen LogP contribution in [-0.2, 0) is 13.0 Å². The van der Waals surface area contributed by atoms with Gasteiger partial charge in [-0.25, -0.2) is 4.39 Å². The van der Waals surface area contributed by atoms with Crippen molar-refractivity contribution in [3.8, 4) is 11.5 Å². The molecule has 5 heteroatoms. The summed E-state index contributed by atoms with van der Waals surface area (Å²) < 4.78 is 23.5. The lowest BCUT2D eigenvalue weighted by atomic mass is 10.1. The standard InChI is InChI=1S/C17H20FNO2.ClH/c1-20-16-7-6-14(11-17(16)21-2)12-19-9-8-13-4-3-5-15(18)10-13;/h3-7,10-11,19H,8-9,12H2,1-2H3;1H. The molecular weight excluding hydrogens is 305 g/mol. The van der Waals surface area contributed by atoms with E-state index in [0.717, 1.165) is 42.1 Å². The number of benzene rings is 2.